The van der Waals surface area contributed by atoms with Crippen molar-refractivity contribution in [2.75, 3.05) is 6.61 Å². The van der Waals surface area contributed by atoms with Gasteiger partial charge < -0.3 is 0 Å². The van der Waals surface area contributed by atoms with Gasteiger partial charge in [-0.2, -0.15) is 0 Å². The summed E-state index contributed by atoms with van der Waals surface area (Å²) in [5.41, 5.74) is 0. The van der Waals surface area contributed by atoms with Crippen LogP contribution in [0.15, 0.2) is 24.3 Å². The first-order valence-corrected chi connectivity index (χ1v) is 9.43. The van der Waals surface area contributed by atoms with Gasteiger partial charge in [-0.15, -0.1) is 0 Å². The van der Waals surface area contributed by atoms with Crippen molar-refractivity contribution < 1.29 is 13.6 Å². The van der Waals surface area contributed by atoms with Crippen LogP contribution in [0.1, 0.15) is 6.92 Å². The van der Waals surface area contributed by atoms with Gasteiger partial charge in [-0.25, -0.2) is 0 Å². The molecular weight excluding hydrogens is 278 g/mol. The Kier molecular flexibility index (Phi) is 2.99. The molecule has 1 aliphatic heterocycles. The van der Waals surface area contributed by atoms with Crippen molar-refractivity contribution in [1.82, 2.24) is 0 Å². The second-order valence-corrected chi connectivity index (χ2v) is 10.9. The van der Waals surface area contributed by atoms with Crippen molar-refractivity contribution in [2.24, 2.45) is 0 Å². The molecule has 0 fully saturated rings. The van der Waals surface area contributed by atoms with Gasteiger partial charge in [-0.3, -0.25) is 0 Å². The van der Waals surface area contributed by atoms with Crippen molar-refractivity contribution in [1.29, 1.82) is 0 Å². The Morgan fingerprint density at radius 2 is 1.87 bits per heavy atom. The maximum atomic E-state index is 6.27. The monoisotopic (exact) mass is 286 g/mol. The Hall–Kier alpha value is 0.140. The van der Waals surface area contributed by atoms with E-state index in [-0.39, 0.29) is 0 Å². The molecule has 0 aromatic heterocycles. The molecule has 0 unspecified atom stereocenters. The molecule has 0 saturated heterocycles. The summed E-state index contributed by atoms with van der Waals surface area (Å²) >= 11 is 6.27. The van der Waals surface area contributed by atoms with Gasteiger partial charge in [0.15, 0.2) is 0 Å². The predicted octanol–water partition coefficient (Wildman–Crippen LogP) is 4.75. The summed E-state index contributed by atoms with van der Waals surface area (Å²) < 4.78 is 16.5. The summed E-state index contributed by atoms with van der Waals surface area (Å²) in [6.07, 6.45) is 0. The number of hydrogen-bond donors (Lipinski definition) is 0. The fraction of sp³-hybridized carbons (Fsp3) is 0.250. The average molecular weight is 287 g/mol. The van der Waals surface area contributed by atoms with E-state index < -0.39 is 5.84 Å². The van der Waals surface area contributed by atoms with Crippen molar-refractivity contribution >= 4 is 38.4 Å². The minimum absolute atomic E-state index is 0.370. The number of fused-ring (bicyclic) bond motifs is 1. The van der Waals surface area contributed by atoms with Gasteiger partial charge in [0.2, 0.25) is 0 Å². The molecule has 0 saturated carbocycles. The standard InChI is InChI=1S/C8H9Cl2O3PS/c1-2-11-14(9,15-10)12-7-5-3-4-6-8(7)13-14/h3-6H,2H2,1H3. The third kappa shape index (κ3) is 2.02. The van der Waals surface area contributed by atoms with Gasteiger partial charge in [0.25, 0.3) is 0 Å². The van der Waals surface area contributed by atoms with Crippen molar-refractivity contribution in [2.45, 2.75) is 6.92 Å². The van der Waals surface area contributed by atoms with Crippen molar-refractivity contribution in [3.63, 3.8) is 0 Å². The van der Waals surface area contributed by atoms with Crippen LogP contribution in [-0.2, 0) is 4.52 Å². The van der Waals surface area contributed by atoms with Crippen molar-refractivity contribution in [3.8, 4) is 11.5 Å². The number of rotatable bonds is 3. The molecule has 0 bridgehead atoms. The first-order valence-electron chi connectivity index (χ1n) is 4.29. The molecule has 84 valence electrons. The summed E-state index contributed by atoms with van der Waals surface area (Å²) in [5.74, 6) is -2.61. The summed E-state index contributed by atoms with van der Waals surface area (Å²) in [6, 6.07) is 7.18. The molecule has 0 radical (unpaired) electrons. The fourth-order valence-corrected chi connectivity index (χ4v) is 5.52. The van der Waals surface area contributed by atoms with Gasteiger partial charge in [0, 0.05) is 0 Å². The van der Waals surface area contributed by atoms with Crippen LogP contribution in [0.3, 0.4) is 0 Å². The molecule has 0 aliphatic carbocycles. The zero-order valence-corrected chi connectivity index (χ0v) is 11.1. The van der Waals surface area contributed by atoms with Crippen LogP contribution in [0.4, 0.5) is 0 Å². The Balaban J connectivity index is 2.36. The predicted molar refractivity (Wildman–Crippen MR) is 65.5 cm³/mol. The van der Waals surface area contributed by atoms with E-state index in [2.05, 4.69) is 0 Å². The number of benzene rings is 1. The van der Waals surface area contributed by atoms with E-state index in [0.717, 1.165) is 10.6 Å². The van der Waals surface area contributed by atoms with Gasteiger partial charge >= 0.3 is 101 Å². The van der Waals surface area contributed by atoms with Crippen LogP contribution in [0.5, 0.6) is 11.5 Å². The van der Waals surface area contributed by atoms with Crippen LogP contribution < -0.4 is 9.05 Å². The molecular formula is C8H9Cl2O3PS. The zero-order valence-electron chi connectivity index (χ0n) is 7.85. The SMILES string of the molecule is CCOP1(Cl)(SCl)Oc2ccccc2O1. The summed E-state index contributed by atoms with van der Waals surface area (Å²) in [7, 11) is 6.51. The third-order valence-corrected chi connectivity index (χ3v) is 9.19. The van der Waals surface area contributed by atoms with Gasteiger partial charge in [0.05, 0.1) is 0 Å². The van der Waals surface area contributed by atoms with E-state index in [1.165, 1.54) is 0 Å². The number of hydrogen-bond acceptors (Lipinski definition) is 4. The molecule has 0 amide bonds. The third-order valence-electron chi connectivity index (χ3n) is 1.79. The summed E-state index contributed by atoms with van der Waals surface area (Å²) in [6.45, 7) is 2.18. The number of para-hydroxylation sites is 2. The molecule has 0 N–H and O–H groups in total. The first kappa shape index (κ1) is 11.6. The Morgan fingerprint density at radius 1 is 1.33 bits per heavy atom. The topological polar surface area (TPSA) is 27.7 Å². The molecule has 2 rings (SSSR count). The van der Waals surface area contributed by atoms with Crippen LogP contribution in [0.25, 0.3) is 0 Å². The quantitative estimate of drug-likeness (QED) is 0.750. The molecule has 1 aliphatic rings. The summed E-state index contributed by atoms with van der Waals surface area (Å²) in [4.78, 5) is 0. The molecule has 1 aromatic rings. The van der Waals surface area contributed by atoms with Gasteiger partial charge in [-0.1, -0.05) is 0 Å². The summed E-state index contributed by atoms with van der Waals surface area (Å²) in [5, 5.41) is 0. The molecule has 7 heteroatoms. The van der Waals surface area contributed by atoms with Gasteiger partial charge in [-0.05, 0) is 0 Å². The van der Waals surface area contributed by atoms with E-state index in [0.29, 0.717) is 18.1 Å². The van der Waals surface area contributed by atoms with E-state index in [9.17, 15) is 0 Å². The molecule has 0 spiro atoms. The van der Waals surface area contributed by atoms with E-state index in [1.807, 2.05) is 12.1 Å². The molecule has 1 heterocycles. The first-order chi connectivity index (χ1) is 7.09. The average Bonchev–Trinajstić information content (AvgIpc) is 2.52. The fourth-order valence-electron chi connectivity index (χ4n) is 1.24. The second-order valence-electron chi connectivity index (χ2n) is 2.84. The Bertz CT molecular complexity index is 365. The molecule has 1 aromatic carbocycles. The van der Waals surface area contributed by atoms with Crippen LogP contribution in [-0.4, -0.2) is 6.61 Å². The van der Waals surface area contributed by atoms with Crippen LogP contribution in [0.2, 0.25) is 0 Å². The van der Waals surface area contributed by atoms with Crippen molar-refractivity contribution in [3.05, 3.63) is 24.3 Å². The normalized spacial score (nSPS) is 23.0. The maximum absolute atomic E-state index is 6.27. The van der Waals surface area contributed by atoms with E-state index in [1.54, 1.807) is 19.1 Å². The van der Waals surface area contributed by atoms with E-state index in [4.69, 9.17) is 35.5 Å². The van der Waals surface area contributed by atoms with Crippen LogP contribution >= 0.6 is 38.4 Å². The Morgan fingerprint density at radius 3 is 2.27 bits per heavy atom. The molecule has 0 atom stereocenters. The van der Waals surface area contributed by atoms with Crippen LogP contribution in [0, 0.1) is 0 Å². The molecule has 15 heavy (non-hydrogen) atoms. The Labute approximate surface area is 101 Å². The second kappa shape index (κ2) is 3.86. The molecule has 3 nitrogen and oxygen atoms in total. The number of halogens is 2. The van der Waals surface area contributed by atoms with E-state index >= 15 is 0 Å². The zero-order chi connectivity index (χ0) is 11.0. The van der Waals surface area contributed by atoms with Gasteiger partial charge in [0.1, 0.15) is 0 Å². The minimum atomic E-state index is -3.73.